The van der Waals surface area contributed by atoms with Crippen molar-refractivity contribution in [2.45, 2.75) is 26.5 Å². The van der Waals surface area contributed by atoms with Gasteiger partial charge in [-0.25, -0.2) is 4.98 Å². The van der Waals surface area contributed by atoms with Crippen LogP contribution in [0, 0.1) is 6.92 Å². The average Bonchev–Trinajstić information content (AvgIpc) is 2.76. The predicted molar refractivity (Wildman–Crippen MR) is 63.8 cm³/mol. The van der Waals surface area contributed by atoms with Gasteiger partial charge < -0.3 is 14.7 Å². The van der Waals surface area contributed by atoms with E-state index in [9.17, 15) is 9.90 Å². The van der Waals surface area contributed by atoms with Gasteiger partial charge in [0, 0.05) is 36.9 Å². The van der Waals surface area contributed by atoms with Crippen molar-refractivity contribution in [3.8, 4) is 0 Å². The maximum Gasteiger partial charge on any atom is 0.188 e. The second-order valence-electron chi connectivity index (χ2n) is 3.91. The Morgan fingerprint density at radius 3 is 3.00 bits per heavy atom. The summed E-state index contributed by atoms with van der Waals surface area (Å²) >= 11 is 0. The smallest absolute Gasteiger partial charge is 0.188 e. The molecule has 0 saturated heterocycles. The summed E-state index contributed by atoms with van der Waals surface area (Å²) in [6, 6.07) is 1.47. The van der Waals surface area contributed by atoms with Gasteiger partial charge >= 0.3 is 0 Å². The van der Waals surface area contributed by atoms with Crippen molar-refractivity contribution in [3.05, 3.63) is 52.0 Å². The lowest BCUT2D eigenvalue weighted by Gasteiger charge is -2.11. The number of aryl methyl sites for hydroxylation is 2. The Morgan fingerprint density at radius 1 is 1.59 bits per heavy atom. The first-order chi connectivity index (χ1) is 8.13. The summed E-state index contributed by atoms with van der Waals surface area (Å²) in [6.07, 6.45) is 3.94. The molecule has 2 N–H and O–H groups in total. The van der Waals surface area contributed by atoms with Crippen LogP contribution in [0.4, 0.5) is 0 Å². The molecule has 0 bridgehead atoms. The molecule has 0 aromatic carbocycles. The molecule has 2 heterocycles. The lowest BCUT2D eigenvalue weighted by atomic mass is 10.1. The number of hydrogen-bond acceptors (Lipinski definition) is 3. The molecule has 0 spiro atoms. The predicted octanol–water partition coefficient (Wildman–Crippen LogP) is 0.981. The van der Waals surface area contributed by atoms with Gasteiger partial charge in [0.15, 0.2) is 5.43 Å². The number of rotatable bonds is 3. The van der Waals surface area contributed by atoms with Gasteiger partial charge in [0.2, 0.25) is 0 Å². The number of aliphatic hydroxyl groups is 1. The number of imidazole rings is 1. The molecule has 0 fully saturated rings. The van der Waals surface area contributed by atoms with Crippen molar-refractivity contribution in [1.29, 1.82) is 0 Å². The first-order valence-corrected chi connectivity index (χ1v) is 5.51. The molecule has 90 valence electrons. The quantitative estimate of drug-likeness (QED) is 0.830. The number of pyridine rings is 1. The first-order valence-electron chi connectivity index (χ1n) is 5.51. The van der Waals surface area contributed by atoms with Crippen LogP contribution in [-0.4, -0.2) is 19.6 Å². The fourth-order valence-corrected chi connectivity index (χ4v) is 1.77. The lowest BCUT2D eigenvalue weighted by molar-refractivity contribution is 0.203. The van der Waals surface area contributed by atoms with Crippen LogP contribution in [0.25, 0.3) is 0 Å². The Kier molecular flexibility index (Phi) is 3.10. The van der Waals surface area contributed by atoms with E-state index < -0.39 is 6.10 Å². The number of nitrogens with zero attached hydrogens (tertiary/aromatic N) is 2. The standard InChI is InChI=1S/C12H15N3O2/c1-3-15-5-4-13-12(15)11(17)9-7-14-8(2)6-10(9)16/h4-7,11,17H,3H2,1-2H3,(H,14,16). The third kappa shape index (κ3) is 2.14. The largest absolute Gasteiger partial charge is 0.380 e. The molecule has 0 aliphatic rings. The lowest BCUT2D eigenvalue weighted by Crippen LogP contribution is -2.17. The number of aliphatic hydroxyl groups excluding tert-OH is 1. The second-order valence-corrected chi connectivity index (χ2v) is 3.91. The molecule has 2 aromatic heterocycles. The van der Waals surface area contributed by atoms with E-state index in [-0.39, 0.29) is 5.43 Å². The van der Waals surface area contributed by atoms with E-state index in [0.717, 1.165) is 5.69 Å². The molecule has 1 atom stereocenters. The van der Waals surface area contributed by atoms with Crippen LogP contribution in [0.15, 0.2) is 29.5 Å². The van der Waals surface area contributed by atoms with E-state index in [1.807, 2.05) is 11.5 Å². The van der Waals surface area contributed by atoms with Crippen molar-refractivity contribution in [3.63, 3.8) is 0 Å². The van der Waals surface area contributed by atoms with E-state index in [2.05, 4.69) is 9.97 Å². The summed E-state index contributed by atoms with van der Waals surface area (Å²) in [5.41, 5.74) is 0.903. The number of aromatic nitrogens is 3. The molecule has 2 rings (SSSR count). The normalized spacial score (nSPS) is 12.6. The number of hydrogen-bond donors (Lipinski definition) is 2. The highest BCUT2D eigenvalue weighted by Crippen LogP contribution is 2.16. The summed E-state index contributed by atoms with van der Waals surface area (Å²) in [6.45, 7) is 4.46. The Bertz CT molecular complexity index is 571. The Balaban J connectivity index is 2.44. The molecule has 0 saturated carbocycles. The van der Waals surface area contributed by atoms with Crippen molar-refractivity contribution in [2.75, 3.05) is 0 Å². The Labute approximate surface area is 98.8 Å². The molecule has 0 radical (unpaired) electrons. The molecule has 0 amide bonds. The highest BCUT2D eigenvalue weighted by Gasteiger charge is 2.18. The Hall–Kier alpha value is -1.88. The zero-order valence-corrected chi connectivity index (χ0v) is 9.84. The van der Waals surface area contributed by atoms with Crippen LogP contribution >= 0.6 is 0 Å². The first kappa shape index (κ1) is 11.6. The maximum atomic E-state index is 11.8. The number of H-pyrrole nitrogens is 1. The van der Waals surface area contributed by atoms with Gasteiger partial charge in [0.25, 0.3) is 0 Å². The monoisotopic (exact) mass is 233 g/mol. The van der Waals surface area contributed by atoms with Gasteiger partial charge in [-0.1, -0.05) is 0 Å². The van der Waals surface area contributed by atoms with Crippen LogP contribution in [0.2, 0.25) is 0 Å². The second kappa shape index (κ2) is 4.55. The van der Waals surface area contributed by atoms with Gasteiger partial charge in [-0.15, -0.1) is 0 Å². The zero-order chi connectivity index (χ0) is 12.4. The minimum absolute atomic E-state index is 0.181. The minimum Gasteiger partial charge on any atom is -0.380 e. The van der Waals surface area contributed by atoms with Gasteiger partial charge in [-0.3, -0.25) is 4.79 Å². The van der Waals surface area contributed by atoms with Crippen LogP contribution in [0.5, 0.6) is 0 Å². The van der Waals surface area contributed by atoms with Crippen molar-refractivity contribution in [2.24, 2.45) is 0 Å². The summed E-state index contributed by atoms with van der Waals surface area (Å²) in [7, 11) is 0. The molecular weight excluding hydrogens is 218 g/mol. The average molecular weight is 233 g/mol. The number of aromatic amines is 1. The Morgan fingerprint density at radius 2 is 2.35 bits per heavy atom. The van der Waals surface area contributed by atoms with Gasteiger partial charge in [0.05, 0.1) is 5.56 Å². The maximum absolute atomic E-state index is 11.8. The van der Waals surface area contributed by atoms with E-state index in [1.165, 1.54) is 12.3 Å². The third-order valence-electron chi connectivity index (χ3n) is 2.71. The van der Waals surface area contributed by atoms with Crippen LogP contribution < -0.4 is 5.43 Å². The van der Waals surface area contributed by atoms with Crippen molar-refractivity contribution in [1.82, 2.24) is 14.5 Å². The third-order valence-corrected chi connectivity index (χ3v) is 2.71. The van der Waals surface area contributed by atoms with Gasteiger partial charge in [0.1, 0.15) is 11.9 Å². The van der Waals surface area contributed by atoms with E-state index in [1.54, 1.807) is 19.3 Å². The molecular formula is C12H15N3O2. The fourth-order valence-electron chi connectivity index (χ4n) is 1.77. The summed E-state index contributed by atoms with van der Waals surface area (Å²) in [5.74, 6) is 0.488. The summed E-state index contributed by atoms with van der Waals surface area (Å²) < 4.78 is 1.81. The number of nitrogens with one attached hydrogen (secondary N) is 1. The zero-order valence-electron chi connectivity index (χ0n) is 9.84. The van der Waals surface area contributed by atoms with Gasteiger partial charge in [-0.05, 0) is 13.8 Å². The van der Waals surface area contributed by atoms with Gasteiger partial charge in [-0.2, -0.15) is 0 Å². The molecule has 0 aliphatic carbocycles. The molecule has 5 nitrogen and oxygen atoms in total. The SMILES string of the molecule is CCn1ccnc1C(O)c1c[nH]c(C)cc1=O. The summed E-state index contributed by atoms with van der Waals surface area (Å²) in [4.78, 5) is 18.8. The molecule has 2 aromatic rings. The van der Waals surface area contributed by atoms with E-state index >= 15 is 0 Å². The fraction of sp³-hybridized carbons (Fsp3) is 0.333. The molecule has 5 heteroatoms. The minimum atomic E-state index is -0.991. The molecule has 17 heavy (non-hydrogen) atoms. The van der Waals surface area contributed by atoms with E-state index in [4.69, 9.17) is 0 Å². The topological polar surface area (TPSA) is 70.9 Å². The van der Waals surface area contributed by atoms with Crippen LogP contribution in [-0.2, 0) is 6.54 Å². The summed E-state index contributed by atoms with van der Waals surface area (Å²) in [5, 5.41) is 10.2. The highest BCUT2D eigenvalue weighted by atomic mass is 16.3. The van der Waals surface area contributed by atoms with Crippen LogP contribution in [0.3, 0.4) is 0 Å². The molecule has 0 aliphatic heterocycles. The van der Waals surface area contributed by atoms with Crippen molar-refractivity contribution < 1.29 is 5.11 Å². The molecule has 1 unspecified atom stereocenters. The highest BCUT2D eigenvalue weighted by molar-refractivity contribution is 5.21. The van der Waals surface area contributed by atoms with Crippen molar-refractivity contribution >= 4 is 0 Å². The van der Waals surface area contributed by atoms with Crippen LogP contribution in [0.1, 0.15) is 30.1 Å². The van der Waals surface area contributed by atoms with E-state index in [0.29, 0.717) is 17.9 Å².